The van der Waals surface area contributed by atoms with Gasteiger partial charge in [0.25, 0.3) is 0 Å². The standard InChI is InChI=1S/C32H25ClN6O/c1-20-28-29(21-9-8-12-25(19-21)40-2)38-27-14-7-6-13-26(27)35-30(34-23-17-15-22(33)16-18-23)32(38)36-31(28)39(37-20)24-10-4-3-5-11-24/h3-19,29H,1-2H3,(H,34,35). The van der Waals surface area contributed by atoms with Crippen LogP contribution in [0, 0.1) is 6.92 Å². The van der Waals surface area contributed by atoms with Gasteiger partial charge in [-0.15, -0.1) is 0 Å². The highest BCUT2D eigenvalue weighted by atomic mass is 35.5. The second kappa shape index (κ2) is 9.70. The van der Waals surface area contributed by atoms with Crippen LogP contribution < -0.4 is 15.0 Å². The highest BCUT2D eigenvalue weighted by Crippen LogP contribution is 2.48. The first-order chi connectivity index (χ1) is 19.6. The lowest BCUT2D eigenvalue weighted by atomic mass is 9.93. The molecule has 0 bridgehead atoms. The molecule has 5 aromatic rings. The van der Waals surface area contributed by atoms with E-state index in [4.69, 9.17) is 31.4 Å². The molecule has 0 radical (unpaired) electrons. The lowest BCUT2D eigenvalue weighted by molar-refractivity contribution is 0.414. The zero-order chi connectivity index (χ0) is 27.2. The van der Waals surface area contributed by atoms with Gasteiger partial charge in [0.05, 0.1) is 35.9 Å². The van der Waals surface area contributed by atoms with Crippen LogP contribution in [0.25, 0.3) is 5.69 Å². The van der Waals surface area contributed by atoms with E-state index in [0.29, 0.717) is 16.7 Å². The molecule has 1 unspecified atom stereocenters. The highest BCUT2D eigenvalue weighted by Gasteiger charge is 2.41. The summed E-state index contributed by atoms with van der Waals surface area (Å²) in [5.41, 5.74) is 6.61. The molecular formula is C32H25ClN6O. The van der Waals surface area contributed by atoms with Gasteiger partial charge in [-0.2, -0.15) is 5.10 Å². The number of methoxy groups -OCH3 is 1. The molecule has 7 rings (SSSR count). The summed E-state index contributed by atoms with van der Waals surface area (Å²) in [6.07, 6.45) is 0. The Morgan fingerprint density at radius 1 is 0.850 bits per heavy atom. The SMILES string of the molecule is COc1cccc(C2c3c(C)nn(-c4ccccc4)c3N=C3C(Nc4ccc(Cl)cc4)=Nc4ccccc4N32)c1. The molecule has 1 atom stereocenters. The number of fused-ring (bicyclic) bond motifs is 4. The molecule has 0 fully saturated rings. The molecule has 1 N–H and O–H groups in total. The van der Waals surface area contributed by atoms with Gasteiger partial charge in [-0.1, -0.05) is 54.1 Å². The van der Waals surface area contributed by atoms with Crippen molar-refractivity contribution in [1.82, 2.24) is 9.78 Å². The number of ether oxygens (including phenoxy) is 1. The quantitative estimate of drug-likeness (QED) is 0.252. The van der Waals surface area contributed by atoms with E-state index in [9.17, 15) is 0 Å². The number of nitrogens with one attached hydrogen (secondary N) is 1. The van der Waals surface area contributed by atoms with Crippen molar-refractivity contribution in [3.05, 3.63) is 125 Å². The van der Waals surface area contributed by atoms with E-state index in [1.807, 2.05) is 96.5 Å². The molecule has 2 aliphatic heterocycles. The predicted octanol–water partition coefficient (Wildman–Crippen LogP) is 7.64. The lowest BCUT2D eigenvalue weighted by Gasteiger charge is -2.40. The topological polar surface area (TPSA) is 67.0 Å². The second-order valence-electron chi connectivity index (χ2n) is 9.64. The monoisotopic (exact) mass is 544 g/mol. The lowest BCUT2D eigenvalue weighted by Crippen LogP contribution is -2.46. The van der Waals surface area contributed by atoms with Gasteiger partial charge in [0.2, 0.25) is 0 Å². The van der Waals surface area contributed by atoms with Crippen LogP contribution in [0.15, 0.2) is 113 Å². The third-order valence-corrected chi connectivity index (χ3v) is 7.41. The first kappa shape index (κ1) is 24.2. The van der Waals surface area contributed by atoms with Crippen LogP contribution >= 0.6 is 11.6 Å². The summed E-state index contributed by atoms with van der Waals surface area (Å²) in [6, 6.07) is 33.8. The predicted molar refractivity (Wildman–Crippen MR) is 161 cm³/mol. The number of aliphatic imine (C=N–C) groups is 2. The van der Waals surface area contributed by atoms with E-state index in [1.165, 1.54) is 0 Å². The van der Waals surface area contributed by atoms with Crippen molar-refractivity contribution in [2.45, 2.75) is 13.0 Å². The largest absolute Gasteiger partial charge is 0.497 e. The Morgan fingerprint density at radius 3 is 2.42 bits per heavy atom. The van der Waals surface area contributed by atoms with Crippen LogP contribution in [0.2, 0.25) is 5.02 Å². The van der Waals surface area contributed by atoms with Crippen molar-refractivity contribution in [3.8, 4) is 11.4 Å². The van der Waals surface area contributed by atoms with Crippen LogP contribution in [0.5, 0.6) is 5.75 Å². The van der Waals surface area contributed by atoms with Crippen LogP contribution in [0.4, 0.5) is 22.9 Å². The summed E-state index contributed by atoms with van der Waals surface area (Å²) in [5.74, 6) is 2.89. The number of rotatable bonds is 4. The Morgan fingerprint density at radius 2 is 1.62 bits per heavy atom. The average Bonchev–Trinajstić information content (AvgIpc) is 3.33. The molecule has 4 aromatic carbocycles. The van der Waals surface area contributed by atoms with Crippen LogP contribution in [0.3, 0.4) is 0 Å². The van der Waals surface area contributed by atoms with Crippen LogP contribution in [0.1, 0.15) is 22.9 Å². The minimum absolute atomic E-state index is 0.228. The molecule has 0 amide bonds. The third kappa shape index (κ3) is 4.03. The Kier molecular flexibility index (Phi) is 5.86. The number of aromatic nitrogens is 2. The fourth-order valence-electron chi connectivity index (χ4n) is 5.34. The Hall–Kier alpha value is -4.88. The second-order valence-corrected chi connectivity index (χ2v) is 10.1. The number of amidine groups is 2. The van der Waals surface area contributed by atoms with E-state index in [0.717, 1.165) is 51.1 Å². The maximum atomic E-state index is 6.17. The zero-order valence-corrected chi connectivity index (χ0v) is 22.7. The van der Waals surface area contributed by atoms with Crippen molar-refractivity contribution < 1.29 is 4.74 Å². The summed E-state index contributed by atoms with van der Waals surface area (Å²) in [6.45, 7) is 2.04. The van der Waals surface area contributed by atoms with Gasteiger partial charge in [-0.3, -0.25) is 0 Å². The fraction of sp³-hybridized carbons (Fsp3) is 0.0938. The minimum atomic E-state index is -0.228. The maximum Gasteiger partial charge on any atom is 0.179 e. The molecule has 7 nitrogen and oxygen atoms in total. The zero-order valence-electron chi connectivity index (χ0n) is 21.9. The number of nitrogens with zero attached hydrogens (tertiary/aromatic N) is 5. The highest BCUT2D eigenvalue weighted by molar-refractivity contribution is 6.51. The first-order valence-electron chi connectivity index (χ1n) is 13.0. The van der Waals surface area contributed by atoms with E-state index in [2.05, 4.69) is 28.4 Å². The van der Waals surface area contributed by atoms with E-state index >= 15 is 0 Å². The molecule has 2 aliphatic rings. The van der Waals surface area contributed by atoms with Crippen molar-refractivity contribution in [3.63, 3.8) is 0 Å². The van der Waals surface area contributed by atoms with E-state index < -0.39 is 0 Å². The summed E-state index contributed by atoms with van der Waals surface area (Å²) >= 11 is 6.17. The van der Waals surface area contributed by atoms with Crippen LogP contribution in [-0.4, -0.2) is 28.6 Å². The maximum absolute atomic E-state index is 6.17. The molecule has 0 spiro atoms. The number of hydrogen-bond acceptors (Lipinski definition) is 6. The van der Waals surface area contributed by atoms with Gasteiger partial charge in [0, 0.05) is 16.3 Å². The molecule has 3 heterocycles. The summed E-state index contributed by atoms with van der Waals surface area (Å²) in [7, 11) is 1.69. The van der Waals surface area contributed by atoms with E-state index in [1.54, 1.807) is 7.11 Å². The van der Waals surface area contributed by atoms with Gasteiger partial charge in [0.1, 0.15) is 5.75 Å². The van der Waals surface area contributed by atoms with Crippen molar-refractivity contribution in [2.24, 2.45) is 9.98 Å². The Labute approximate surface area is 237 Å². The number of halogens is 1. The number of anilines is 2. The summed E-state index contributed by atoms with van der Waals surface area (Å²) in [4.78, 5) is 12.6. The van der Waals surface area contributed by atoms with E-state index in [-0.39, 0.29) is 6.04 Å². The van der Waals surface area contributed by atoms with Gasteiger partial charge in [-0.25, -0.2) is 14.7 Å². The summed E-state index contributed by atoms with van der Waals surface area (Å²) in [5, 5.41) is 9.16. The van der Waals surface area contributed by atoms with Gasteiger partial charge in [-0.05, 0) is 73.2 Å². The Bertz CT molecular complexity index is 1790. The molecule has 8 heteroatoms. The number of benzene rings is 4. The fourth-order valence-corrected chi connectivity index (χ4v) is 5.47. The average molecular weight is 545 g/mol. The van der Waals surface area contributed by atoms with Crippen molar-refractivity contribution in [2.75, 3.05) is 17.3 Å². The van der Waals surface area contributed by atoms with Crippen molar-refractivity contribution in [1.29, 1.82) is 0 Å². The molecule has 0 saturated carbocycles. The molecule has 0 aliphatic carbocycles. The van der Waals surface area contributed by atoms with Crippen molar-refractivity contribution >= 4 is 46.2 Å². The molecule has 1 aromatic heterocycles. The van der Waals surface area contributed by atoms with Gasteiger partial charge >= 0.3 is 0 Å². The summed E-state index contributed by atoms with van der Waals surface area (Å²) < 4.78 is 7.56. The third-order valence-electron chi connectivity index (χ3n) is 7.16. The van der Waals surface area contributed by atoms with Gasteiger partial charge < -0.3 is 15.0 Å². The number of aryl methyl sites for hydroxylation is 1. The molecule has 196 valence electrons. The smallest absolute Gasteiger partial charge is 0.179 e. The number of hydrogen-bond donors (Lipinski definition) is 1. The first-order valence-corrected chi connectivity index (χ1v) is 13.4. The minimum Gasteiger partial charge on any atom is -0.497 e. The molecular weight excluding hydrogens is 520 g/mol. The normalized spacial score (nSPS) is 15.4. The van der Waals surface area contributed by atoms with Crippen LogP contribution in [-0.2, 0) is 0 Å². The number of para-hydroxylation sites is 3. The molecule has 0 saturated heterocycles. The van der Waals surface area contributed by atoms with Gasteiger partial charge in [0.15, 0.2) is 17.5 Å². The Balaban J connectivity index is 1.50. The molecule has 40 heavy (non-hydrogen) atoms.